The number of nitrogens with zero attached hydrogens (tertiary/aromatic N) is 2. The van der Waals surface area contributed by atoms with Gasteiger partial charge in [0.25, 0.3) is 11.8 Å². The van der Waals surface area contributed by atoms with E-state index in [0.717, 1.165) is 11.1 Å². The summed E-state index contributed by atoms with van der Waals surface area (Å²) >= 11 is 0. The number of allylic oxidation sites excluding steroid dienone is 1. The second-order valence-corrected chi connectivity index (χ2v) is 5.68. The summed E-state index contributed by atoms with van der Waals surface area (Å²) in [6.07, 6.45) is 3.41. The van der Waals surface area contributed by atoms with Crippen LogP contribution in [0.2, 0.25) is 0 Å². The number of hydrogen-bond donors (Lipinski definition) is 0. The molecule has 4 nitrogen and oxygen atoms in total. The summed E-state index contributed by atoms with van der Waals surface area (Å²) in [6.45, 7) is 0.300. The summed E-state index contributed by atoms with van der Waals surface area (Å²) in [6, 6.07) is 12.3. The molecule has 0 aliphatic carbocycles. The molecule has 0 saturated heterocycles. The molecule has 0 aromatic heterocycles. The fourth-order valence-electron chi connectivity index (χ4n) is 3.15. The fourth-order valence-corrected chi connectivity index (χ4v) is 3.15. The third-order valence-corrected chi connectivity index (χ3v) is 4.31. The van der Waals surface area contributed by atoms with E-state index in [1.165, 1.54) is 17.0 Å². The highest BCUT2D eigenvalue weighted by Crippen LogP contribution is 2.31. The first-order valence-corrected chi connectivity index (χ1v) is 7.59. The molecule has 5 heteroatoms. The number of carbonyl (C=O) groups excluding carboxylic acids is 2. The number of aliphatic imine (C=N–C) groups is 1. The van der Waals surface area contributed by atoms with Crippen LogP contribution in [0.3, 0.4) is 0 Å². The third kappa shape index (κ3) is 2.17. The summed E-state index contributed by atoms with van der Waals surface area (Å²) in [5.74, 6) is -0.961. The van der Waals surface area contributed by atoms with Gasteiger partial charge in [-0.25, -0.2) is 4.39 Å². The molecule has 2 aromatic carbocycles. The van der Waals surface area contributed by atoms with E-state index in [4.69, 9.17) is 0 Å². The lowest BCUT2D eigenvalue weighted by Gasteiger charge is -2.29. The van der Waals surface area contributed by atoms with Crippen LogP contribution in [0.1, 0.15) is 26.3 Å². The van der Waals surface area contributed by atoms with Crippen molar-refractivity contribution in [3.05, 3.63) is 77.1 Å². The van der Waals surface area contributed by atoms with Crippen molar-refractivity contribution in [2.75, 3.05) is 6.54 Å². The molecule has 2 aliphatic rings. The number of amides is 2. The molecule has 0 radical (unpaired) electrons. The Balaban J connectivity index is 1.75. The van der Waals surface area contributed by atoms with Gasteiger partial charge in [-0.3, -0.25) is 19.5 Å². The second kappa shape index (κ2) is 5.53. The quantitative estimate of drug-likeness (QED) is 0.799. The monoisotopic (exact) mass is 320 g/mol. The number of rotatable bonds is 2. The van der Waals surface area contributed by atoms with E-state index in [-0.39, 0.29) is 17.6 Å². The smallest absolute Gasteiger partial charge is 0.262 e. The zero-order valence-electron chi connectivity index (χ0n) is 12.6. The van der Waals surface area contributed by atoms with E-state index in [1.807, 2.05) is 0 Å². The van der Waals surface area contributed by atoms with Gasteiger partial charge in [0, 0.05) is 6.21 Å². The van der Waals surface area contributed by atoms with Gasteiger partial charge in [-0.15, -0.1) is 0 Å². The molecule has 2 heterocycles. The van der Waals surface area contributed by atoms with Crippen LogP contribution in [0.5, 0.6) is 0 Å². The largest absolute Gasteiger partial charge is 0.291 e. The van der Waals surface area contributed by atoms with Crippen molar-refractivity contribution >= 4 is 23.6 Å². The average Bonchev–Trinajstić information content (AvgIpc) is 2.87. The summed E-state index contributed by atoms with van der Waals surface area (Å²) in [4.78, 5) is 30.9. The average molecular weight is 320 g/mol. The number of hydrogen-bond acceptors (Lipinski definition) is 3. The van der Waals surface area contributed by atoms with Crippen LogP contribution in [-0.2, 0) is 0 Å². The first kappa shape index (κ1) is 14.5. The predicted molar refractivity (Wildman–Crippen MR) is 88.5 cm³/mol. The Morgan fingerprint density at radius 3 is 2.21 bits per heavy atom. The Morgan fingerprint density at radius 1 is 0.958 bits per heavy atom. The SMILES string of the molecule is O=C1c2ccccc2C(=O)N1[C@H]1CN=CC=C1c1ccc(F)cc1. The lowest BCUT2D eigenvalue weighted by Crippen LogP contribution is -2.43. The van der Waals surface area contributed by atoms with Crippen molar-refractivity contribution in [2.45, 2.75) is 6.04 Å². The van der Waals surface area contributed by atoms with Crippen molar-refractivity contribution in [3.63, 3.8) is 0 Å². The number of dihydropyridines is 1. The summed E-state index contributed by atoms with van der Waals surface area (Å²) in [5, 5.41) is 0. The predicted octanol–water partition coefficient (Wildman–Crippen LogP) is 2.96. The van der Waals surface area contributed by atoms with Crippen LogP contribution in [0.25, 0.3) is 5.57 Å². The highest BCUT2D eigenvalue weighted by Gasteiger charge is 2.41. The number of carbonyl (C=O) groups is 2. The van der Waals surface area contributed by atoms with Gasteiger partial charge in [0.15, 0.2) is 0 Å². The highest BCUT2D eigenvalue weighted by molar-refractivity contribution is 6.22. The van der Waals surface area contributed by atoms with Crippen LogP contribution in [0.4, 0.5) is 4.39 Å². The zero-order valence-corrected chi connectivity index (χ0v) is 12.6. The minimum atomic E-state index is -0.493. The van der Waals surface area contributed by atoms with E-state index in [0.29, 0.717) is 17.7 Å². The van der Waals surface area contributed by atoms with Crippen LogP contribution in [0, 0.1) is 5.82 Å². The van der Waals surface area contributed by atoms with Gasteiger partial charge in [0.05, 0.1) is 23.7 Å². The van der Waals surface area contributed by atoms with E-state index in [1.54, 1.807) is 48.7 Å². The lowest BCUT2D eigenvalue weighted by molar-refractivity contribution is 0.0624. The molecule has 0 spiro atoms. The van der Waals surface area contributed by atoms with Gasteiger partial charge in [-0.1, -0.05) is 24.3 Å². The van der Waals surface area contributed by atoms with Gasteiger partial charge < -0.3 is 0 Å². The summed E-state index contributed by atoms with van der Waals surface area (Å²) in [7, 11) is 0. The van der Waals surface area contributed by atoms with Crippen molar-refractivity contribution in [1.29, 1.82) is 0 Å². The van der Waals surface area contributed by atoms with Crippen LogP contribution < -0.4 is 0 Å². The number of benzene rings is 2. The van der Waals surface area contributed by atoms with Gasteiger partial charge in [-0.05, 0) is 41.5 Å². The first-order valence-electron chi connectivity index (χ1n) is 7.59. The molecular formula is C19H13FN2O2. The zero-order chi connectivity index (χ0) is 16.7. The highest BCUT2D eigenvalue weighted by atomic mass is 19.1. The molecule has 2 aliphatic heterocycles. The van der Waals surface area contributed by atoms with Crippen molar-refractivity contribution in [2.24, 2.45) is 4.99 Å². The van der Waals surface area contributed by atoms with Crippen LogP contribution in [0.15, 0.2) is 59.6 Å². The Bertz CT molecular complexity index is 865. The Kier molecular flexibility index (Phi) is 3.34. The standard InChI is InChI=1S/C19H13FN2O2/c20-13-7-5-12(6-8-13)14-9-10-21-11-17(14)22-18(23)15-3-1-2-4-16(15)19(22)24/h1-10,17H,11H2/t17-/m0/s1. The minimum absolute atomic E-state index is 0.300. The molecule has 0 bridgehead atoms. The maximum atomic E-state index is 13.2. The van der Waals surface area contributed by atoms with E-state index >= 15 is 0 Å². The Hall–Kier alpha value is -3.08. The fraction of sp³-hybridized carbons (Fsp3) is 0.105. The van der Waals surface area contributed by atoms with Crippen molar-refractivity contribution < 1.29 is 14.0 Å². The minimum Gasteiger partial charge on any atom is -0.291 e. The molecule has 0 unspecified atom stereocenters. The molecule has 0 saturated carbocycles. The Labute approximate surface area is 137 Å². The van der Waals surface area contributed by atoms with Gasteiger partial charge in [0.2, 0.25) is 0 Å². The number of imide groups is 1. The first-order chi connectivity index (χ1) is 11.7. The van der Waals surface area contributed by atoms with Crippen molar-refractivity contribution in [1.82, 2.24) is 4.90 Å². The molecule has 0 N–H and O–H groups in total. The van der Waals surface area contributed by atoms with Crippen LogP contribution in [-0.4, -0.2) is 35.5 Å². The van der Waals surface area contributed by atoms with Gasteiger partial charge in [-0.2, -0.15) is 0 Å². The molecular weight excluding hydrogens is 307 g/mol. The van der Waals surface area contributed by atoms with Gasteiger partial charge >= 0.3 is 0 Å². The maximum Gasteiger partial charge on any atom is 0.262 e. The molecule has 2 amide bonds. The molecule has 24 heavy (non-hydrogen) atoms. The third-order valence-electron chi connectivity index (χ3n) is 4.31. The molecule has 118 valence electrons. The summed E-state index contributed by atoms with van der Waals surface area (Å²) < 4.78 is 13.2. The normalized spacial score (nSPS) is 19.5. The van der Waals surface area contributed by atoms with E-state index in [9.17, 15) is 14.0 Å². The number of fused-ring (bicyclic) bond motifs is 1. The summed E-state index contributed by atoms with van der Waals surface area (Å²) in [5.41, 5.74) is 2.37. The van der Waals surface area contributed by atoms with E-state index < -0.39 is 6.04 Å². The van der Waals surface area contributed by atoms with Gasteiger partial charge in [0.1, 0.15) is 5.82 Å². The van der Waals surface area contributed by atoms with E-state index in [2.05, 4.69) is 4.99 Å². The maximum absolute atomic E-state index is 13.2. The molecule has 1 atom stereocenters. The molecule has 2 aromatic rings. The second-order valence-electron chi connectivity index (χ2n) is 5.68. The van der Waals surface area contributed by atoms with Crippen LogP contribution >= 0.6 is 0 Å². The van der Waals surface area contributed by atoms with Crippen molar-refractivity contribution in [3.8, 4) is 0 Å². The molecule has 0 fully saturated rings. The molecule has 4 rings (SSSR count). The number of halogens is 1. The topological polar surface area (TPSA) is 49.7 Å². The lowest BCUT2D eigenvalue weighted by atomic mass is 9.95. The Morgan fingerprint density at radius 2 is 1.58 bits per heavy atom.